The van der Waals surface area contributed by atoms with Gasteiger partial charge < -0.3 is 15.4 Å². The first-order valence-corrected chi connectivity index (χ1v) is 18.8. The van der Waals surface area contributed by atoms with Crippen LogP contribution in [0.1, 0.15) is 157 Å². The lowest BCUT2D eigenvalue weighted by atomic mass is 9.73. The highest BCUT2D eigenvalue weighted by atomic mass is 16.5. The average molecular weight is 637 g/mol. The summed E-state index contributed by atoms with van der Waals surface area (Å²) in [7, 11) is 1.57. The number of nitrogens with one attached hydrogen (secondary N) is 2. The van der Waals surface area contributed by atoms with Gasteiger partial charge in [-0.05, 0) is 62.1 Å². The minimum Gasteiger partial charge on any atom is -0.457 e. The molecule has 5 rings (SSSR count). The Hall–Kier alpha value is -2.93. The SMILES string of the molecule is C#CC.C1CCC(C2CCCCC2)CC1.C1CCCCC1.CC.CC.CC.CNC(=O)Nc1ccc(Oc2ccc(C)cc2)cc1. The molecule has 0 aliphatic heterocycles. The monoisotopic (exact) mass is 637 g/mol. The van der Waals surface area contributed by atoms with Crippen molar-refractivity contribution < 1.29 is 9.53 Å². The summed E-state index contributed by atoms with van der Waals surface area (Å²) >= 11 is 0. The van der Waals surface area contributed by atoms with Crippen molar-refractivity contribution in [1.29, 1.82) is 0 Å². The van der Waals surface area contributed by atoms with Crippen LogP contribution in [0.2, 0.25) is 0 Å². The molecule has 0 unspecified atom stereocenters. The smallest absolute Gasteiger partial charge is 0.318 e. The van der Waals surface area contributed by atoms with Gasteiger partial charge in [-0.15, -0.1) is 12.3 Å². The lowest BCUT2D eigenvalue weighted by Crippen LogP contribution is -2.24. The Kier molecular flexibility index (Phi) is 32.8. The number of hydrogen-bond donors (Lipinski definition) is 2. The van der Waals surface area contributed by atoms with Gasteiger partial charge in [0.15, 0.2) is 0 Å². The van der Waals surface area contributed by atoms with Gasteiger partial charge in [0.25, 0.3) is 0 Å². The number of urea groups is 1. The molecular formula is C42H72N2O2. The van der Waals surface area contributed by atoms with E-state index in [0.717, 1.165) is 29.0 Å². The Morgan fingerprint density at radius 3 is 1.26 bits per heavy atom. The van der Waals surface area contributed by atoms with Crippen LogP contribution in [0.4, 0.5) is 10.5 Å². The van der Waals surface area contributed by atoms with Crippen molar-refractivity contribution in [1.82, 2.24) is 5.32 Å². The number of benzene rings is 2. The molecule has 4 heteroatoms. The fourth-order valence-electron chi connectivity index (χ4n) is 5.81. The number of rotatable bonds is 4. The first-order chi connectivity index (χ1) is 22.5. The number of terminal acetylenes is 1. The number of carbonyl (C=O) groups excluding carboxylic acids is 1. The zero-order valence-corrected chi connectivity index (χ0v) is 31.5. The highest BCUT2D eigenvalue weighted by Crippen LogP contribution is 2.38. The Morgan fingerprint density at radius 1 is 0.630 bits per heavy atom. The molecular weight excluding hydrogens is 564 g/mol. The van der Waals surface area contributed by atoms with Crippen LogP contribution in [0.3, 0.4) is 0 Å². The van der Waals surface area contributed by atoms with E-state index in [4.69, 9.17) is 4.74 Å². The molecule has 0 spiro atoms. The Morgan fingerprint density at radius 2 is 0.935 bits per heavy atom. The standard InChI is InChI=1S/C15H16N2O2.C12H22.C6H12.C3H4.3C2H6/c1-11-3-7-13(8-4-11)19-14-9-5-12(6-10-14)17-15(18)16-2;1-3-7-11(8-4-1)12-9-5-2-6-10-12;1-2-4-6-5-3-1;1-3-2;3*1-2/h3-10H,1-2H3,(H2,16,17,18);11-12H,1-10H2;1-6H2;1H,2H3;3*1-2H3. The molecule has 0 bridgehead atoms. The van der Waals surface area contributed by atoms with E-state index in [0.29, 0.717) is 0 Å². The van der Waals surface area contributed by atoms with Gasteiger partial charge in [0.05, 0.1) is 0 Å². The van der Waals surface area contributed by atoms with Crippen molar-refractivity contribution in [2.24, 2.45) is 11.8 Å². The number of ether oxygens (including phenoxy) is 1. The van der Waals surface area contributed by atoms with Crippen LogP contribution < -0.4 is 15.4 Å². The summed E-state index contributed by atoms with van der Waals surface area (Å²) in [5.74, 6) is 6.04. The molecule has 2 aromatic rings. The Balaban J connectivity index is 0. The summed E-state index contributed by atoms with van der Waals surface area (Å²) in [6.45, 7) is 15.7. The number of amides is 2. The second kappa shape index (κ2) is 33.4. The topological polar surface area (TPSA) is 50.4 Å². The summed E-state index contributed by atoms with van der Waals surface area (Å²) < 4.78 is 5.69. The van der Waals surface area contributed by atoms with Gasteiger partial charge in [0, 0.05) is 12.7 Å². The number of aryl methyl sites for hydroxylation is 1. The Labute approximate surface area is 286 Å². The summed E-state index contributed by atoms with van der Waals surface area (Å²) in [4.78, 5) is 11.1. The van der Waals surface area contributed by atoms with Crippen LogP contribution in [0, 0.1) is 31.1 Å². The van der Waals surface area contributed by atoms with Crippen LogP contribution in [0.5, 0.6) is 11.5 Å². The minimum atomic E-state index is -0.243. The van der Waals surface area contributed by atoms with Crippen LogP contribution in [-0.2, 0) is 0 Å². The lowest BCUT2D eigenvalue weighted by Gasteiger charge is -2.32. The van der Waals surface area contributed by atoms with Gasteiger partial charge in [0.2, 0.25) is 0 Å². The van der Waals surface area contributed by atoms with Crippen molar-refractivity contribution in [3.05, 3.63) is 54.1 Å². The maximum absolute atomic E-state index is 11.1. The molecule has 2 aromatic carbocycles. The third-order valence-corrected chi connectivity index (χ3v) is 8.06. The quantitative estimate of drug-likeness (QED) is 0.328. The van der Waals surface area contributed by atoms with Gasteiger partial charge in [0.1, 0.15) is 11.5 Å². The molecule has 0 aromatic heterocycles. The van der Waals surface area contributed by atoms with E-state index in [1.54, 1.807) is 51.8 Å². The van der Waals surface area contributed by atoms with E-state index in [9.17, 15) is 4.79 Å². The van der Waals surface area contributed by atoms with E-state index in [2.05, 4.69) is 23.0 Å². The van der Waals surface area contributed by atoms with Gasteiger partial charge in [-0.1, -0.05) is 162 Å². The molecule has 0 radical (unpaired) electrons. The second-order valence-corrected chi connectivity index (χ2v) is 11.3. The largest absolute Gasteiger partial charge is 0.457 e. The average Bonchev–Trinajstić information content (AvgIpc) is 3.15. The highest BCUT2D eigenvalue weighted by molar-refractivity contribution is 5.88. The van der Waals surface area contributed by atoms with Crippen molar-refractivity contribution >= 4 is 11.7 Å². The molecule has 0 atom stereocenters. The van der Waals surface area contributed by atoms with Crippen LogP contribution >= 0.6 is 0 Å². The molecule has 0 saturated heterocycles. The summed E-state index contributed by atoms with van der Waals surface area (Å²) in [5, 5.41) is 5.18. The zero-order valence-electron chi connectivity index (χ0n) is 31.5. The minimum absolute atomic E-state index is 0.243. The summed E-state index contributed by atoms with van der Waals surface area (Å²) in [6.07, 6.45) is 29.0. The molecule has 0 heterocycles. The van der Waals surface area contributed by atoms with E-state index >= 15 is 0 Å². The van der Waals surface area contributed by atoms with Crippen molar-refractivity contribution in [3.63, 3.8) is 0 Å². The fourth-order valence-corrected chi connectivity index (χ4v) is 5.81. The molecule has 3 fully saturated rings. The maximum Gasteiger partial charge on any atom is 0.318 e. The molecule has 262 valence electrons. The highest BCUT2D eigenvalue weighted by Gasteiger charge is 2.24. The number of carbonyl (C=O) groups is 1. The van der Waals surface area contributed by atoms with Crippen molar-refractivity contribution in [2.45, 2.75) is 158 Å². The molecule has 3 aliphatic rings. The first kappa shape index (κ1) is 45.2. The molecule has 2 N–H and O–H groups in total. The van der Waals surface area contributed by atoms with Crippen LogP contribution in [0.15, 0.2) is 48.5 Å². The lowest BCUT2D eigenvalue weighted by molar-refractivity contribution is 0.196. The van der Waals surface area contributed by atoms with Gasteiger partial charge >= 0.3 is 6.03 Å². The first-order valence-electron chi connectivity index (χ1n) is 18.8. The third-order valence-electron chi connectivity index (χ3n) is 8.06. The van der Waals surface area contributed by atoms with Crippen LogP contribution in [0.25, 0.3) is 0 Å². The van der Waals surface area contributed by atoms with E-state index < -0.39 is 0 Å². The molecule has 46 heavy (non-hydrogen) atoms. The maximum atomic E-state index is 11.1. The second-order valence-electron chi connectivity index (χ2n) is 11.3. The third kappa shape index (κ3) is 23.4. The van der Waals surface area contributed by atoms with E-state index in [-0.39, 0.29) is 6.03 Å². The molecule has 3 saturated carbocycles. The molecule has 3 aliphatic carbocycles. The molecule has 4 nitrogen and oxygen atoms in total. The predicted octanol–water partition coefficient (Wildman–Crippen LogP) is 13.7. The number of hydrogen-bond acceptors (Lipinski definition) is 2. The van der Waals surface area contributed by atoms with Gasteiger partial charge in [-0.25, -0.2) is 4.79 Å². The van der Waals surface area contributed by atoms with Gasteiger partial charge in [-0.2, -0.15) is 0 Å². The van der Waals surface area contributed by atoms with Crippen molar-refractivity contribution in [3.8, 4) is 23.8 Å². The predicted molar refractivity (Wildman–Crippen MR) is 205 cm³/mol. The number of anilines is 1. The molecule has 2 amide bonds. The Bertz CT molecular complexity index is 919. The van der Waals surface area contributed by atoms with Crippen molar-refractivity contribution in [2.75, 3.05) is 12.4 Å². The fraction of sp³-hybridized carbons (Fsp3) is 0.643. The van der Waals surface area contributed by atoms with Gasteiger partial charge in [-0.3, -0.25) is 0 Å². The van der Waals surface area contributed by atoms with E-state index in [1.165, 1.54) is 82.6 Å². The zero-order chi connectivity index (χ0) is 34.8. The normalized spacial score (nSPS) is 15.3. The summed E-state index contributed by atoms with van der Waals surface area (Å²) in [6, 6.07) is 14.8. The van der Waals surface area contributed by atoms with Crippen LogP contribution in [-0.4, -0.2) is 13.1 Å². The summed E-state index contributed by atoms with van der Waals surface area (Å²) in [5.41, 5.74) is 1.91. The van der Waals surface area contributed by atoms with E-state index in [1.807, 2.05) is 84.9 Å².